The van der Waals surface area contributed by atoms with Gasteiger partial charge in [0.05, 0.1) is 0 Å². The van der Waals surface area contributed by atoms with Crippen molar-refractivity contribution in [1.82, 2.24) is 9.97 Å². The van der Waals surface area contributed by atoms with E-state index in [4.69, 9.17) is 16.3 Å². The molecule has 0 saturated heterocycles. The quantitative estimate of drug-likeness (QED) is 0.920. The number of benzene rings is 1. The van der Waals surface area contributed by atoms with Gasteiger partial charge >= 0.3 is 0 Å². The maximum absolute atomic E-state index is 10.8. The Labute approximate surface area is 123 Å². The number of nitrogens with zero attached hydrogens (tertiary/aromatic N) is 2. The van der Waals surface area contributed by atoms with Gasteiger partial charge in [0, 0.05) is 23.0 Å². The molecule has 1 heterocycles. The number of aliphatic hydroxyl groups is 1. The van der Waals surface area contributed by atoms with Gasteiger partial charge in [-0.05, 0) is 30.2 Å². The van der Waals surface area contributed by atoms with E-state index in [9.17, 15) is 5.11 Å². The van der Waals surface area contributed by atoms with Gasteiger partial charge < -0.3 is 9.84 Å². The Kier molecular flexibility index (Phi) is 4.57. The Morgan fingerprint density at radius 1 is 1.20 bits per heavy atom. The van der Waals surface area contributed by atoms with E-state index in [1.165, 1.54) is 6.33 Å². The number of ether oxygens (including phenoxy) is 1. The van der Waals surface area contributed by atoms with Crippen molar-refractivity contribution < 1.29 is 9.84 Å². The zero-order valence-corrected chi connectivity index (χ0v) is 12.2. The third kappa shape index (κ3) is 3.26. The molecule has 0 fully saturated rings. The molecule has 0 bridgehead atoms. The molecular formula is C15H17ClN2O2. The molecule has 1 aromatic carbocycles. The van der Waals surface area contributed by atoms with Crippen molar-refractivity contribution in [1.29, 1.82) is 0 Å². The van der Waals surface area contributed by atoms with E-state index in [1.54, 1.807) is 36.7 Å². The van der Waals surface area contributed by atoms with Crippen molar-refractivity contribution >= 4 is 11.6 Å². The fraction of sp³-hybridized carbons (Fsp3) is 0.333. The normalized spacial score (nSPS) is 14.1. The Morgan fingerprint density at radius 2 is 1.80 bits per heavy atom. The van der Waals surface area contributed by atoms with E-state index in [1.807, 2.05) is 13.8 Å². The summed E-state index contributed by atoms with van der Waals surface area (Å²) in [5.41, 5.74) is -0.495. The van der Waals surface area contributed by atoms with Crippen LogP contribution >= 0.6 is 11.6 Å². The van der Waals surface area contributed by atoms with Crippen LogP contribution in [-0.2, 0) is 5.60 Å². The number of halogens is 1. The summed E-state index contributed by atoms with van der Waals surface area (Å²) in [5, 5.41) is 11.5. The van der Waals surface area contributed by atoms with E-state index in [0.717, 1.165) is 0 Å². The second-order valence-corrected chi connectivity index (χ2v) is 5.39. The van der Waals surface area contributed by atoms with Crippen molar-refractivity contribution in [2.75, 3.05) is 6.61 Å². The van der Waals surface area contributed by atoms with E-state index < -0.39 is 5.60 Å². The summed E-state index contributed by atoms with van der Waals surface area (Å²) < 4.78 is 5.68. The number of aromatic nitrogens is 2. The van der Waals surface area contributed by atoms with E-state index in [0.29, 0.717) is 16.3 Å². The van der Waals surface area contributed by atoms with Gasteiger partial charge in [-0.15, -0.1) is 0 Å². The van der Waals surface area contributed by atoms with Gasteiger partial charge in [-0.2, -0.15) is 0 Å². The molecule has 5 heteroatoms. The molecule has 2 aromatic rings. The van der Waals surface area contributed by atoms with Crippen LogP contribution in [0.5, 0.6) is 5.75 Å². The van der Waals surface area contributed by atoms with E-state index >= 15 is 0 Å². The summed E-state index contributed by atoms with van der Waals surface area (Å²) >= 11 is 5.83. The third-order valence-corrected chi connectivity index (χ3v) is 3.54. The monoisotopic (exact) mass is 292 g/mol. The number of hydrogen-bond donors (Lipinski definition) is 1. The number of rotatable bonds is 5. The Balaban J connectivity index is 2.16. The summed E-state index contributed by atoms with van der Waals surface area (Å²) in [6.45, 7) is 3.98. The lowest BCUT2D eigenvalue weighted by Gasteiger charge is -2.31. The van der Waals surface area contributed by atoms with E-state index in [-0.39, 0.29) is 12.5 Å². The SMILES string of the molecule is CC(C)C(O)(COc1ccc(Cl)cc1)c1cncnc1. The molecule has 2 rings (SSSR count). The van der Waals surface area contributed by atoms with Gasteiger partial charge in [-0.3, -0.25) is 0 Å². The summed E-state index contributed by atoms with van der Waals surface area (Å²) in [6, 6.07) is 7.03. The first kappa shape index (κ1) is 14.8. The molecule has 1 atom stereocenters. The van der Waals surface area contributed by atoms with Crippen LogP contribution in [0.4, 0.5) is 0 Å². The molecule has 20 heavy (non-hydrogen) atoms. The Bertz CT molecular complexity index is 546. The summed E-state index contributed by atoms with van der Waals surface area (Å²) in [6.07, 6.45) is 4.65. The lowest BCUT2D eigenvalue weighted by atomic mass is 9.85. The highest BCUT2D eigenvalue weighted by atomic mass is 35.5. The Morgan fingerprint density at radius 3 is 2.35 bits per heavy atom. The fourth-order valence-corrected chi connectivity index (χ4v) is 1.96. The summed E-state index contributed by atoms with van der Waals surface area (Å²) in [7, 11) is 0. The van der Waals surface area contributed by atoms with Crippen LogP contribution < -0.4 is 4.74 Å². The zero-order chi connectivity index (χ0) is 14.6. The van der Waals surface area contributed by atoms with Gasteiger partial charge in [0.2, 0.25) is 0 Å². The van der Waals surface area contributed by atoms with Crippen LogP contribution in [0.3, 0.4) is 0 Å². The molecule has 1 aromatic heterocycles. The van der Waals surface area contributed by atoms with Gasteiger partial charge in [0.15, 0.2) is 0 Å². The molecule has 1 unspecified atom stereocenters. The first-order valence-corrected chi connectivity index (χ1v) is 6.76. The van der Waals surface area contributed by atoms with Crippen molar-refractivity contribution in [2.45, 2.75) is 19.4 Å². The van der Waals surface area contributed by atoms with Gasteiger partial charge in [-0.25, -0.2) is 9.97 Å². The molecule has 0 saturated carbocycles. The average molecular weight is 293 g/mol. The molecule has 4 nitrogen and oxygen atoms in total. The molecule has 0 radical (unpaired) electrons. The van der Waals surface area contributed by atoms with Crippen molar-refractivity contribution in [3.05, 3.63) is 53.6 Å². The summed E-state index contributed by atoms with van der Waals surface area (Å²) in [4.78, 5) is 7.91. The first-order chi connectivity index (χ1) is 9.52. The third-order valence-electron chi connectivity index (χ3n) is 3.29. The number of hydrogen-bond acceptors (Lipinski definition) is 4. The zero-order valence-electron chi connectivity index (χ0n) is 11.5. The first-order valence-electron chi connectivity index (χ1n) is 6.38. The van der Waals surface area contributed by atoms with Crippen molar-refractivity contribution in [2.24, 2.45) is 5.92 Å². The predicted molar refractivity (Wildman–Crippen MR) is 77.7 cm³/mol. The van der Waals surface area contributed by atoms with E-state index in [2.05, 4.69) is 9.97 Å². The average Bonchev–Trinajstić information content (AvgIpc) is 2.47. The summed E-state index contributed by atoms with van der Waals surface area (Å²) in [5.74, 6) is 0.617. The van der Waals surface area contributed by atoms with Crippen LogP contribution in [0.15, 0.2) is 43.0 Å². The van der Waals surface area contributed by atoms with Crippen LogP contribution in [0.2, 0.25) is 5.02 Å². The molecule has 106 valence electrons. The highest BCUT2D eigenvalue weighted by Gasteiger charge is 2.34. The second-order valence-electron chi connectivity index (χ2n) is 4.95. The fourth-order valence-electron chi connectivity index (χ4n) is 1.83. The van der Waals surface area contributed by atoms with Crippen LogP contribution in [-0.4, -0.2) is 21.7 Å². The van der Waals surface area contributed by atoms with Gasteiger partial charge in [-0.1, -0.05) is 25.4 Å². The standard InChI is InChI=1S/C15H17ClN2O2/c1-11(2)15(19,12-7-17-10-18-8-12)9-20-14-5-3-13(16)4-6-14/h3-8,10-11,19H,9H2,1-2H3. The molecule has 0 aliphatic heterocycles. The predicted octanol–water partition coefficient (Wildman–Crippen LogP) is 3.05. The largest absolute Gasteiger partial charge is 0.490 e. The Hall–Kier alpha value is -1.65. The van der Waals surface area contributed by atoms with Crippen molar-refractivity contribution in [3.8, 4) is 5.75 Å². The maximum Gasteiger partial charge on any atom is 0.129 e. The molecule has 0 amide bonds. The molecular weight excluding hydrogens is 276 g/mol. The van der Waals surface area contributed by atoms with Gasteiger partial charge in [0.25, 0.3) is 0 Å². The minimum Gasteiger partial charge on any atom is -0.490 e. The molecule has 0 spiro atoms. The van der Waals surface area contributed by atoms with Crippen molar-refractivity contribution in [3.63, 3.8) is 0 Å². The lowest BCUT2D eigenvalue weighted by molar-refractivity contribution is -0.0491. The highest BCUT2D eigenvalue weighted by molar-refractivity contribution is 6.30. The van der Waals surface area contributed by atoms with Crippen LogP contribution in [0, 0.1) is 5.92 Å². The topological polar surface area (TPSA) is 55.2 Å². The van der Waals surface area contributed by atoms with Gasteiger partial charge in [0.1, 0.15) is 24.3 Å². The molecule has 0 aliphatic carbocycles. The molecule has 0 aliphatic rings. The smallest absolute Gasteiger partial charge is 0.129 e. The minimum absolute atomic E-state index is 0.0409. The molecule has 1 N–H and O–H groups in total. The maximum atomic E-state index is 10.8. The highest BCUT2D eigenvalue weighted by Crippen LogP contribution is 2.29. The minimum atomic E-state index is -1.14. The van der Waals surface area contributed by atoms with Crippen LogP contribution in [0.1, 0.15) is 19.4 Å². The van der Waals surface area contributed by atoms with Crippen LogP contribution in [0.25, 0.3) is 0 Å². The lowest BCUT2D eigenvalue weighted by Crippen LogP contribution is -2.38. The second kappa shape index (κ2) is 6.20.